The van der Waals surface area contributed by atoms with Crippen LogP contribution in [0.3, 0.4) is 0 Å². The van der Waals surface area contributed by atoms with Gasteiger partial charge in [0.25, 0.3) is 0 Å². The van der Waals surface area contributed by atoms with Crippen LogP contribution in [0.1, 0.15) is 4.11 Å². The predicted octanol–water partition coefficient (Wildman–Crippen LogP) is 2.18. The first-order valence-electron chi connectivity index (χ1n) is 2.98. The van der Waals surface area contributed by atoms with E-state index in [-0.39, 0.29) is 0 Å². The summed E-state index contributed by atoms with van der Waals surface area (Å²) in [5.41, 5.74) is 0. The molecule has 0 aromatic rings. The van der Waals surface area contributed by atoms with Crippen molar-refractivity contribution in [3.8, 4) is 0 Å². The van der Waals surface area contributed by atoms with Gasteiger partial charge in [0.2, 0.25) is 0 Å². The molecule has 0 aromatic heterocycles. The third kappa shape index (κ3) is 4.44. The van der Waals surface area contributed by atoms with Gasteiger partial charge in [0, 0.05) is 9.87 Å². The maximum atomic E-state index is 6.75. The topological polar surface area (TPSA) is 0 Å². The second-order valence-corrected chi connectivity index (χ2v) is 2.60. The van der Waals surface area contributed by atoms with Crippen molar-refractivity contribution in [3.05, 3.63) is 12.7 Å². The molecule has 6 heavy (non-hydrogen) atoms. The third-order valence-electron chi connectivity index (χ3n) is 0.245. The van der Waals surface area contributed by atoms with Gasteiger partial charge in [0.05, 0.1) is 0 Å². The van der Waals surface area contributed by atoms with E-state index in [1.165, 1.54) is 10.8 Å². The lowest BCUT2D eigenvalue weighted by Crippen LogP contribution is -1.56. The highest BCUT2D eigenvalue weighted by Crippen LogP contribution is 2.15. The van der Waals surface area contributed by atoms with E-state index >= 15 is 0 Å². The second-order valence-electron chi connectivity index (χ2n) is 0.657. The van der Waals surface area contributed by atoms with E-state index in [0.717, 1.165) is 10.8 Å². The second kappa shape index (κ2) is 5.44. The van der Waals surface area contributed by atoms with Gasteiger partial charge >= 0.3 is 0 Å². The summed E-state index contributed by atoms with van der Waals surface area (Å²) in [5, 5.41) is 0. The van der Waals surface area contributed by atoms with Gasteiger partial charge in [-0.1, -0.05) is 27.7 Å². The Morgan fingerprint density at radius 1 is 2.17 bits per heavy atom. The Hall–Kier alpha value is 0.440. The van der Waals surface area contributed by atoms with E-state index in [0.29, 0.717) is 5.75 Å². The van der Waals surface area contributed by atoms with Gasteiger partial charge < -0.3 is 0 Å². The summed E-state index contributed by atoms with van der Waals surface area (Å²) in [7, 11) is 2.20. The van der Waals surface area contributed by atoms with Crippen LogP contribution in [0.2, 0.25) is 0 Å². The van der Waals surface area contributed by atoms with Crippen LogP contribution in [0, 0.1) is 0 Å². The van der Waals surface area contributed by atoms with Crippen LogP contribution in [0.25, 0.3) is 0 Å². The molecule has 0 unspecified atom stereocenters. The van der Waals surface area contributed by atoms with E-state index in [1.807, 2.05) is 0 Å². The average molecular weight is 123 g/mol. The molecule has 0 aliphatic heterocycles. The Balaban J connectivity index is 3.17. The molecule has 0 fully saturated rings. The lowest BCUT2D eigenvalue weighted by molar-refractivity contribution is 1.84. The van der Waals surface area contributed by atoms with Crippen molar-refractivity contribution in [1.29, 1.82) is 0 Å². The highest BCUT2D eigenvalue weighted by atomic mass is 33.1. The van der Waals surface area contributed by atoms with Gasteiger partial charge in [-0.2, -0.15) is 0 Å². The summed E-state index contributed by atoms with van der Waals surface area (Å²) in [4.78, 5) is 0. The lowest BCUT2D eigenvalue weighted by Gasteiger charge is -1.82. The molecule has 0 aliphatic carbocycles. The van der Waals surface area contributed by atoms with Gasteiger partial charge in [-0.15, -0.1) is 6.58 Å². The van der Waals surface area contributed by atoms with Gasteiger partial charge in [-0.3, -0.25) is 0 Å². The molecular formula is C4H8S2. The van der Waals surface area contributed by atoms with Gasteiger partial charge in [-0.25, -0.2) is 0 Å². The quantitative estimate of drug-likeness (QED) is 0.320. The maximum Gasteiger partial charge on any atom is 0.0353 e. The first kappa shape index (κ1) is 2.68. The Morgan fingerprint density at radius 3 is 3.50 bits per heavy atom. The van der Waals surface area contributed by atoms with Gasteiger partial charge in [0.15, 0.2) is 0 Å². The molecule has 0 amide bonds. The first-order valence-corrected chi connectivity index (χ1v) is 3.79. The van der Waals surface area contributed by atoms with E-state index in [9.17, 15) is 0 Å². The van der Waals surface area contributed by atoms with Gasteiger partial charge in [-0.05, 0) is 6.18 Å². The third-order valence-corrected chi connectivity index (χ3v) is 1.50. The molecule has 0 bridgehead atoms. The highest BCUT2D eigenvalue weighted by Gasteiger charge is 1.71. The standard InChI is InChI=1S/C4H8S2/c1-3-4-6-5-2/h3H,1,4H2,2H3/i2D3. The molecule has 0 aromatic carbocycles. The maximum absolute atomic E-state index is 6.75. The van der Waals surface area contributed by atoms with Crippen molar-refractivity contribution in [2.45, 2.75) is 0 Å². The van der Waals surface area contributed by atoms with E-state index in [1.54, 1.807) is 6.08 Å². The minimum absolute atomic E-state index is 0.684. The lowest BCUT2D eigenvalue weighted by atomic mass is 10.8. The summed E-state index contributed by atoms with van der Waals surface area (Å²) in [5.74, 6) is 0.684. The van der Waals surface area contributed by atoms with Crippen LogP contribution < -0.4 is 0 Å². The van der Waals surface area contributed by atoms with Crippen LogP contribution in [0.5, 0.6) is 0 Å². The van der Waals surface area contributed by atoms with E-state index in [2.05, 4.69) is 6.58 Å². The van der Waals surface area contributed by atoms with Crippen molar-refractivity contribution < 1.29 is 4.11 Å². The zero-order valence-corrected chi connectivity index (χ0v) is 4.94. The Bertz CT molecular complexity index is 88.3. The van der Waals surface area contributed by atoms with Crippen molar-refractivity contribution in [1.82, 2.24) is 0 Å². The Morgan fingerprint density at radius 2 is 3.00 bits per heavy atom. The molecule has 0 heterocycles. The van der Waals surface area contributed by atoms with Crippen LogP contribution >= 0.6 is 21.6 Å². The Kier molecular flexibility index (Phi) is 2.43. The normalized spacial score (nSPS) is 17.7. The summed E-state index contributed by atoms with van der Waals surface area (Å²) in [6.07, 6.45) is -0.183. The van der Waals surface area contributed by atoms with Gasteiger partial charge in [0.1, 0.15) is 0 Å². The van der Waals surface area contributed by atoms with Crippen LogP contribution in [-0.2, 0) is 0 Å². The SMILES string of the molecule is [2H]C([2H])([2H])SSCC=C. The van der Waals surface area contributed by atoms with E-state index < -0.39 is 6.18 Å². The fourth-order valence-electron chi connectivity index (χ4n) is 0.0821. The minimum Gasteiger partial charge on any atom is -0.102 e. The molecule has 0 atom stereocenters. The van der Waals surface area contributed by atoms with Crippen molar-refractivity contribution in [2.75, 3.05) is 11.9 Å². The zero-order valence-electron chi connectivity index (χ0n) is 6.31. The highest BCUT2D eigenvalue weighted by molar-refractivity contribution is 8.76. The smallest absolute Gasteiger partial charge is 0.0353 e. The molecule has 0 spiro atoms. The van der Waals surface area contributed by atoms with Crippen LogP contribution in [0.15, 0.2) is 12.7 Å². The molecule has 0 rings (SSSR count). The van der Waals surface area contributed by atoms with Crippen molar-refractivity contribution >= 4 is 21.6 Å². The number of rotatable bonds is 3. The molecule has 0 radical (unpaired) electrons. The number of hydrogen-bond acceptors (Lipinski definition) is 2. The Labute approximate surface area is 51.0 Å². The van der Waals surface area contributed by atoms with Crippen molar-refractivity contribution in [3.63, 3.8) is 0 Å². The van der Waals surface area contributed by atoms with Crippen LogP contribution in [-0.4, -0.2) is 11.9 Å². The first-order chi connectivity index (χ1) is 4.06. The molecular weight excluding hydrogens is 112 g/mol. The molecule has 36 valence electrons. The number of hydrogen-bond donors (Lipinski definition) is 0. The molecule has 0 aliphatic rings. The average Bonchev–Trinajstić information content (AvgIpc) is 1.63. The summed E-state index contributed by atoms with van der Waals surface area (Å²) in [6, 6.07) is 0. The fourth-order valence-corrected chi connectivity index (χ4v) is 0.739. The van der Waals surface area contributed by atoms with Crippen molar-refractivity contribution in [2.24, 2.45) is 0 Å². The monoisotopic (exact) mass is 123 g/mol. The molecule has 0 nitrogen and oxygen atoms in total. The fraction of sp³-hybridized carbons (Fsp3) is 0.500. The zero-order chi connectivity index (χ0) is 7.33. The minimum atomic E-state index is -1.87. The summed E-state index contributed by atoms with van der Waals surface area (Å²) < 4.78 is 20.3. The molecule has 0 saturated carbocycles. The summed E-state index contributed by atoms with van der Waals surface area (Å²) >= 11 is 0. The molecule has 0 N–H and O–H groups in total. The van der Waals surface area contributed by atoms with Crippen LogP contribution in [0.4, 0.5) is 0 Å². The predicted molar refractivity (Wildman–Crippen MR) is 36.2 cm³/mol. The molecule has 0 saturated heterocycles. The largest absolute Gasteiger partial charge is 0.102 e. The summed E-state index contributed by atoms with van der Waals surface area (Å²) in [6.45, 7) is 3.46. The van der Waals surface area contributed by atoms with E-state index in [4.69, 9.17) is 4.11 Å². The molecule has 2 heteroatoms.